The van der Waals surface area contributed by atoms with Gasteiger partial charge in [-0.3, -0.25) is 0 Å². The van der Waals surface area contributed by atoms with E-state index in [2.05, 4.69) is 9.97 Å². The van der Waals surface area contributed by atoms with E-state index in [0.717, 1.165) is 17.7 Å². The minimum Gasteiger partial charge on any atom is -0.465 e. The molecule has 12 heteroatoms. The monoisotopic (exact) mass is 535 g/mol. The zero-order chi connectivity index (χ0) is 26.9. The van der Waals surface area contributed by atoms with Crippen LogP contribution in [0.25, 0.3) is 17.1 Å². The second kappa shape index (κ2) is 10.4. The van der Waals surface area contributed by atoms with Gasteiger partial charge in [0.05, 0.1) is 11.3 Å². The van der Waals surface area contributed by atoms with Gasteiger partial charge in [-0.1, -0.05) is 11.6 Å². The standard InChI is InChI=1S/C25H25ClF3N5O3/c1-3-33(24(36)37)18-10-12-32(13-11-18)22-30-21(20-9-6-17(26)14-15(20)2)34(23(35)31-22)19-7-4-16(5-8-19)25(27,28)29/h4-9,14,18H,3,10-13H2,1-2H3,(H,36,37). The number of piperidine rings is 1. The van der Waals surface area contributed by atoms with E-state index in [0.29, 0.717) is 43.1 Å². The highest BCUT2D eigenvalue weighted by atomic mass is 35.5. The van der Waals surface area contributed by atoms with E-state index in [9.17, 15) is 27.9 Å². The molecule has 0 unspecified atom stereocenters. The molecule has 1 fully saturated rings. The first kappa shape index (κ1) is 26.5. The summed E-state index contributed by atoms with van der Waals surface area (Å²) in [4.78, 5) is 36.8. The van der Waals surface area contributed by atoms with Gasteiger partial charge in [-0.15, -0.1) is 0 Å². The number of nitrogens with zero attached hydrogens (tertiary/aromatic N) is 5. The van der Waals surface area contributed by atoms with Gasteiger partial charge in [0.15, 0.2) is 5.82 Å². The van der Waals surface area contributed by atoms with Crippen LogP contribution in [0.15, 0.2) is 47.3 Å². The molecule has 0 spiro atoms. The van der Waals surface area contributed by atoms with Crippen molar-refractivity contribution in [3.8, 4) is 17.1 Å². The molecule has 0 atom stereocenters. The van der Waals surface area contributed by atoms with Crippen molar-refractivity contribution in [3.05, 3.63) is 69.1 Å². The van der Waals surface area contributed by atoms with Crippen molar-refractivity contribution in [2.45, 2.75) is 38.9 Å². The Bertz CT molecular complexity index is 1350. The zero-order valence-corrected chi connectivity index (χ0v) is 20.9. The molecule has 1 saturated heterocycles. The maximum absolute atomic E-state index is 13.3. The van der Waals surface area contributed by atoms with Gasteiger partial charge in [0, 0.05) is 36.3 Å². The number of amides is 1. The molecule has 0 bridgehead atoms. The fourth-order valence-electron chi connectivity index (χ4n) is 4.56. The lowest BCUT2D eigenvalue weighted by Crippen LogP contribution is -2.47. The quantitative estimate of drug-likeness (QED) is 0.480. The molecule has 0 radical (unpaired) electrons. The van der Waals surface area contributed by atoms with E-state index in [4.69, 9.17) is 11.6 Å². The number of hydrogen-bond acceptors (Lipinski definition) is 5. The number of carbonyl (C=O) groups is 1. The summed E-state index contributed by atoms with van der Waals surface area (Å²) in [5.41, 5.74) is -0.0556. The topological polar surface area (TPSA) is 91.6 Å². The van der Waals surface area contributed by atoms with Crippen molar-refractivity contribution in [1.29, 1.82) is 0 Å². The fraction of sp³-hybridized carbons (Fsp3) is 0.360. The van der Waals surface area contributed by atoms with Crippen LogP contribution in [0.5, 0.6) is 0 Å². The molecule has 4 rings (SSSR count). The fourth-order valence-corrected chi connectivity index (χ4v) is 4.78. The number of aromatic nitrogens is 3. The lowest BCUT2D eigenvalue weighted by atomic mass is 10.0. The third-order valence-electron chi connectivity index (χ3n) is 6.46. The highest BCUT2D eigenvalue weighted by Gasteiger charge is 2.31. The SMILES string of the molecule is CCN(C(=O)O)C1CCN(c2nc(-c3ccc(Cl)cc3C)n(-c3ccc(C(F)(F)F)cc3)c(=O)n2)CC1. The molecule has 1 aliphatic heterocycles. The molecule has 2 heterocycles. The van der Waals surface area contributed by atoms with Gasteiger partial charge >= 0.3 is 18.0 Å². The van der Waals surface area contributed by atoms with Crippen LogP contribution in [0.3, 0.4) is 0 Å². The first-order valence-electron chi connectivity index (χ1n) is 11.7. The Morgan fingerprint density at radius 2 is 1.78 bits per heavy atom. The highest BCUT2D eigenvalue weighted by Crippen LogP contribution is 2.31. The normalized spacial score (nSPS) is 14.6. The molecule has 1 N–H and O–H groups in total. The minimum atomic E-state index is -4.51. The van der Waals surface area contributed by atoms with Crippen LogP contribution in [-0.4, -0.2) is 56.3 Å². The summed E-state index contributed by atoms with van der Waals surface area (Å²) < 4.78 is 40.5. The van der Waals surface area contributed by atoms with E-state index in [1.165, 1.54) is 21.6 Å². The van der Waals surface area contributed by atoms with Gasteiger partial charge < -0.3 is 14.9 Å². The Kier molecular flexibility index (Phi) is 7.44. The lowest BCUT2D eigenvalue weighted by molar-refractivity contribution is -0.137. The van der Waals surface area contributed by atoms with Gasteiger partial charge in [0.2, 0.25) is 5.95 Å². The molecule has 1 amide bonds. The summed E-state index contributed by atoms with van der Waals surface area (Å²) in [7, 11) is 0. The van der Waals surface area contributed by atoms with Crippen molar-refractivity contribution < 1.29 is 23.1 Å². The number of hydrogen-bond donors (Lipinski definition) is 1. The Balaban J connectivity index is 1.76. The molecular formula is C25H25ClF3N5O3. The zero-order valence-electron chi connectivity index (χ0n) is 20.2. The van der Waals surface area contributed by atoms with E-state index in [1.807, 2.05) is 4.90 Å². The van der Waals surface area contributed by atoms with E-state index >= 15 is 0 Å². The average Bonchev–Trinajstić information content (AvgIpc) is 2.84. The van der Waals surface area contributed by atoms with E-state index in [-0.39, 0.29) is 23.5 Å². The number of halogens is 4. The third kappa shape index (κ3) is 5.56. The summed E-state index contributed by atoms with van der Waals surface area (Å²) in [5.74, 6) is 0.390. The van der Waals surface area contributed by atoms with Gasteiger partial charge in [-0.2, -0.15) is 23.1 Å². The molecule has 0 aliphatic carbocycles. The maximum atomic E-state index is 13.3. The van der Waals surface area contributed by atoms with Crippen LogP contribution < -0.4 is 10.6 Å². The first-order chi connectivity index (χ1) is 17.5. The highest BCUT2D eigenvalue weighted by molar-refractivity contribution is 6.30. The molecule has 1 aliphatic rings. The molecular weight excluding hydrogens is 511 g/mol. The van der Waals surface area contributed by atoms with Crippen molar-refractivity contribution >= 4 is 23.6 Å². The maximum Gasteiger partial charge on any atom is 0.416 e. The Hall–Kier alpha value is -3.60. The number of alkyl halides is 3. The summed E-state index contributed by atoms with van der Waals surface area (Å²) in [6.07, 6.45) is -4.40. The smallest absolute Gasteiger partial charge is 0.416 e. The first-order valence-corrected chi connectivity index (χ1v) is 12.1. The predicted molar refractivity (Wildman–Crippen MR) is 133 cm³/mol. The second-order valence-corrected chi connectivity index (χ2v) is 9.19. The molecule has 8 nitrogen and oxygen atoms in total. The van der Waals surface area contributed by atoms with Crippen molar-refractivity contribution in [1.82, 2.24) is 19.4 Å². The largest absolute Gasteiger partial charge is 0.465 e. The van der Waals surface area contributed by atoms with Gasteiger partial charge in [0.1, 0.15) is 0 Å². The lowest BCUT2D eigenvalue weighted by Gasteiger charge is -2.36. The van der Waals surface area contributed by atoms with Crippen LogP contribution >= 0.6 is 11.6 Å². The van der Waals surface area contributed by atoms with Crippen molar-refractivity contribution in [2.24, 2.45) is 0 Å². The number of benzene rings is 2. The average molecular weight is 536 g/mol. The van der Waals surface area contributed by atoms with Crippen LogP contribution in [0.1, 0.15) is 30.9 Å². The molecule has 2 aromatic carbocycles. The number of anilines is 1. The van der Waals surface area contributed by atoms with Gasteiger partial charge in [-0.25, -0.2) is 14.2 Å². The Morgan fingerprint density at radius 3 is 2.32 bits per heavy atom. The van der Waals surface area contributed by atoms with E-state index in [1.54, 1.807) is 32.0 Å². The van der Waals surface area contributed by atoms with Crippen LogP contribution in [-0.2, 0) is 6.18 Å². The van der Waals surface area contributed by atoms with E-state index < -0.39 is 23.5 Å². The van der Waals surface area contributed by atoms with Crippen LogP contribution in [0, 0.1) is 6.92 Å². The Labute approximate surface area is 215 Å². The van der Waals surface area contributed by atoms with Crippen molar-refractivity contribution in [2.75, 3.05) is 24.5 Å². The number of aryl methyl sites for hydroxylation is 1. The summed E-state index contributed by atoms with van der Waals surface area (Å²) in [5, 5.41) is 9.91. The third-order valence-corrected chi connectivity index (χ3v) is 6.70. The molecule has 0 saturated carbocycles. The van der Waals surface area contributed by atoms with Gasteiger partial charge in [-0.05, 0) is 74.7 Å². The molecule has 3 aromatic rings. The predicted octanol–water partition coefficient (Wildman–Crippen LogP) is 5.24. The molecule has 37 heavy (non-hydrogen) atoms. The molecule has 196 valence electrons. The summed E-state index contributed by atoms with van der Waals surface area (Å²) in [6.45, 7) is 4.83. The minimum absolute atomic E-state index is 0.149. The summed E-state index contributed by atoms with van der Waals surface area (Å²) in [6, 6.07) is 9.12. The van der Waals surface area contributed by atoms with Crippen LogP contribution in [0.2, 0.25) is 5.02 Å². The van der Waals surface area contributed by atoms with Gasteiger partial charge in [0.25, 0.3) is 0 Å². The van der Waals surface area contributed by atoms with Crippen LogP contribution in [0.4, 0.5) is 23.9 Å². The Morgan fingerprint density at radius 1 is 1.14 bits per heavy atom. The number of rotatable bonds is 5. The summed E-state index contributed by atoms with van der Waals surface area (Å²) >= 11 is 6.12. The number of carboxylic acid groups (broad SMARTS) is 1. The van der Waals surface area contributed by atoms with Crippen molar-refractivity contribution in [3.63, 3.8) is 0 Å². The second-order valence-electron chi connectivity index (χ2n) is 8.76. The molecule has 1 aromatic heterocycles.